The van der Waals surface area contributed by atoms with E-state index in [1.165, 1.54) is 11.9 Å². The van der Waals surface area contributed by atoms with Crippen LogP contribution in [-0.4, -0.2) is 55.9 Å². The molecule has 1 aromatic carbocycles. The van der Waals surface area contributed by atoms with Gasteiger partial charge in [-0.25, -0.2) is 15.0 Å². The van der Waals surface area contributed by atoms with Gasteiger partial charge in [0.15, 0.2) is 5.69 Å². The molecule has 2 atom stereocenters. The van der Waals surface area contributed by atoms with Crippen LogP contribution < -0.4 is 25.2 Å². The van der Waals surface area contributed by atoms with Crippen molar-refractivity contribution in [3.05, 3.63) is 74.7 Å². The van der Waals surface area contributed by atoms with Crippen molar-refractivity contribution in [1.29, 1.82) is 0 Å². The summed E-state index contributed by atoms with van der Waals surface area (Å²) in [6.07, 6.45) is 5.70. The number of benzene rings is 1. The second-order valence-corrected chi connectivity index (χ2v) is 11.0. The van der Waals surface area contributed by atoms with Gasteiger partial charge < -0.3 is 15.0 Å². The molecule has 1 fully saturated rings. The van der Waals surface area contributed by atoms with Crippen molar-refractivity contribution < 1.29 is 9.53 Å². The van der Waals surface area contributed by atoms with Crippen LogP contribution in [0.4, 0.5) is 11.6 Å². The zero-order chi connectivity index (χ0) is 29.3. The van der Waals surface area contributed by atoms with E-state index in [-0.39, 0.29) is 34.5 Å². The highest BCUT2D eigenvalue weighted by Gasteiger charge is 2.28. The monoisotopic (exact) mass is 594 g/mol. The molecule has 214 valence electrons. The summed E-state index contributed by atoms with van der Waals surface area (Å²) in [6, 6.07) is 6.90. The van der Waals surface area contributed by atoms with Gasteiger partial charge in [-0.2, -0.15) is 0 Å². The van der Waals surface area contributed by atoms with Crippen LogP contribution in [0.1, 0.15) is 46.7 Å². The maximum atomic E-state index is 13.6. The Morgan fingerprint density at radius 1 is 1.20 bits per heavy atom. The molecule has 0 bridgehead atoms. The second-order valence-electron chi connectivity index (χ2n) is 10.0. The Morgan fingerprint density at radius 2 is 2.00 bits per heavy atom. The van der Waals surface area contributed by atoms with Crippen molar-refractivity contribution in [3.63, 3.8) is 0 Å². The van der Waals surface area contributed by atoms with Crippen LogP contribution in [0, 0.1) is 13.8 Å². The number of fused-ring (bicyclic) bond motifs is 1. The third-order valence-corrected chi connectivity index (χ3v) is 7.51. The third kappa shape index (κ3) is 6.08. The maximum absolute atomic E-state index is 13.6. The van der Waals surface area contributed by atoms with E-state index in [0.717, 1.165) is 23.2 Å². The predicted octanol–water partition coefficient (Wildman–Crippen LogP) is 4.23. The van der Waals surface area contributed by atoms with E-state index < -0.39 is 0 Å². The third-order valence-electron chi connectivity index (χ3n) is 6.91. The summed E-state index contributed by atoms with van der Waals surface area (Å²) < 4.78 is 10.3. The summed E-state index contributed by atoms with van der Waals surface area (Å²) in [5.41, 5.74) is 3.74. The number of aryl methyl sites for hydroxylation is 2. The highest BCUT2D eigenvalue weighted by atomic mass is 35.5. The number of nitrogens with zero attached hydrogens (tertiary/aromatic N) is 6. The molecule has 2 unspecified atom stereocenters. The number of anilines is 2. The molecule has 11 nitrogen and oxygen atoms in total. The topological polar surface area (TPSA) is 127 Å². The summed E-state index contributed by atoms with van der Waals surface area (Å²) >= 11 is 7.27. The first-order chi connectivity index (χ1) is 19.6. The first-order valence-corrected chi connectivity index (χ1v) is 14.7. The minimum absolute atomic E-state index is 0.110. The number of aromatic nitrogens is 5. The lowest BCUT2D eigenvalue weighted by Crippen LogP contribution is -2.32. The SMILES string of the molecule is CSNC(=O)c1nc(Cl)ccc1NC(C)c1cc(C)cc2c(=O)n(C)c(N3CCC(Oc4cnc(C)cn4)C3)nc12. The molecule has 0 saturated carbocycles. The first kappa shape index (κ1) is 28.6. The summed E-state index contributed by atoms with van der Waals surface area (Å²) in [5, 5.41) is 4.13. The molecule has 1 aliphatic rings. The van der Waals surface area contributed by atoms with Crippen LogP contribution in [0.15, 0.2) is 41.5 Å². The molecule has 4 aromatic rings. The summed E-state index contributed by atoms with van der Waals surface area (Å²) in [4.78, 5) is 46.1. The van der Waals surface area contributed by atoms with Crippen LogP contribution >= 0.6 is 23.5 Å². The lowest BCUT2D eigenvalue weighted by atomic mass is 10.0. The van der Waals surface area contributed by atoms with Crippen molar-refractivity contribution in [2.75, 3.05) is 29.6 Å². The van der Waals surface area contributed by atoms with Gasteiger partial charge in [-0.1, -0.05) is 29.6 Å². The molecule has 0 spiro atoms. The summed E-state index contributed by atoms with van der Waals surface area (Å²) in [6.45, 7) is 7.01. The summed E-state index contributed by atoms with van der Waals surface area (Å²) in [7, 11) is 1.74. The number of hydrogen-bond acceptors (Lipinski definition) is 10. The van der Waals surface area contributed by atoms with Gasteiger partial charge >= 0.3 is 0 Å². The fourth-order valence-electron chi connectivity index (χ4n) is 4.95. The second kappa shape index (κ2) is 11.9. The average molecular weight is 595 g/mol. The Hall–Kier alpha value is -3.90. The van der Waals surface area contributed by atoms with Crippen molar-refractivity contribution in [2.45, 2.75) is 39.3 Å². The fraction of sp³-hybridized carbons (Fsp3) is 0.357. The zero-order valence-corrected chi connectivity index (χ0v) is 25.0. The quantitative estimate of drug-likeness (QED) is 0.226. The van der Waals surface area contributed by atoms with E-state index in [9.17, 15) is 9.59 Å². The van der Waals surface area contributed by atoms with Crippen molar-refractivity contribution >= 4 is 52.0 Å². The van der Waals surface area contributed by atoms with Crippen molar-refractivity contribution in [3.8, 4) is 5.88 Å². The number of halogens is 1. The molecule has 2 N–H and O–H groups in total. The Bertz CT molecular complexity index is 1660. The molecule has 4 heterocycles. The molecule has 0 radical (unpaired) electrons. The van der Waals surface area contributed by atoms with Gasteiger partial charge in [-0.05, 0) is 44.5 Å². The highest BCUT2D eigenvalue weighted by molar-refractivity contribution is 7.97. The maximum Gasteiger partial charge on any atom is 0.281 e. The zero-order valence-electron chi connectivity index (χ0n) is 23.4. The molecule has 3 aromatic heterocycles. The number of carbonyl (C=O) groups excluding carboxylic acids is 1. The Labute approximate surface area is 246 Å². The number of ether oxygens (including phenoxy) is 1. The Morgan fingerprint density at radius 3 is 2.73 bits per heavy atom. The van der Waals surface area contributed by atoms with E-state index in [2.05, 4.69) is 29.9 Å². The predicted molar refractivity (Wildman–Crippen MR) is 162 cm³/mol. The van der Waals surface area contributed by atoms with Gasteiger partial charge in [-0.15, -0.1) is 0 Å². The van der Waals surface area contributed by atoms with Crippen LogP contribution in [0.2, 0.25) is 5.15 Å². The van der Waals surface area contributed by atoms with Gasteiger partial charge in [-0.3, -0.25) is 23.9 Å². The number of amides is 1. The van der Waals surface area contributed by atoms with Gasteiger partial charge in [0, 0.05) is 31.8 Å². The smallest absolute Gasteiger partial charge is 0.281 e. The van der Waals surface area contributed by atoms with Crippen LogP contribution in [0.25, 0.3) is 10.9 Å². The number of hydrogen-bond donors (Lipinski definition) is 2. The minimum atomic E-state index is -0.361. The number of carbonyl (C=O) groups is 1. The van der Waals surface area contributed by atoms with E-state index in [4.69, 9.17) is 21.3 Å². The van der Waals surface area contributed by atoms with Crippen molar-refractivity contribution in [1.82, 2.24) is 29.2 Å². The van der Waals surface area contributed by atoms with Crippen molar-refractivity contribution in [2.24, 2.45) is 7.05 Å². The molecular weight excluding hydrogens is 564 g/mol. The van der Waals surface area contributed by atoms with E-state index in [1.807, 2.05) is 32.9 Å². The van der Waals surface area contributed by atoms with E-state index in [0.29, 0.717) is 41.5 Å². The lowest BCUT2D eigenvalue weighted by molar-refractivity contribution is 0.0980. The number of nitrogens with one attached hydrogen (secondary N) is 2. The molecule has 1 saturated heterocycles. The normalized spacial score (nSPS) is 15.7. The minimum Gasteiger partial charge on any atom is -0.471 e. The van der Waals surface area contributed by atoms with Gasteiger partial charge in [0.05, 0.1) is 47.3 Å². The number of pyridine rings is 1. The summed E-state index contributed by atoms with van der Waals surface area (Å²) in [5.74, 6) is 0.678. The van der Waals surface area contributed by atoms with Crippen LogP contribution in [0.5, 0.6) is 5.88 Å². The largest absolute Gasteiger partial charge is 0.471 e. The molecule has 1 aliphatic heterocycles. The lowest BCUT2D eigenvalue weighted by Gasteiger charge is -2.23. The molecule has 41 heavy (non-hydrogen) atoms. The standard InChI is InChI=1S/C28H31ClN8O3S/c1-15-10-19(17(3)32-21-6-7-22(29)33-25(21)26(38)35-41-5)24-20(11-15)27(39)36(4)28(34-24)37-9-8-18(14-37)40-23-13-30-16(2)12-31-23/h6-7,10-13,17-18,32H,8-9,14H2,1-5H3,(H,35,38). The Balaban J connectivity index is 1.47. The van der Waals surface area contributed by atoms with E-state index >= 15 is 0 Å². The molecular formula is C28H31ClN8O3S. The Kier molecular flexibility index (Phi) is 8.32. The van der Waals surface area contributed by atoms with Crippen LogP contribution in [0.3, 0.4) is 0 Å². The van der Waals surface area contributed by atoms with Crippen LogP contribution in [-0.2, 0) is 7.05 Å². The fourth-order valence-corrected chi connectivity index (χ4v) is 5.38. The van der Waals surface area contributed by atoms with Gasteiger partial charge in [0.25, 0.3) is 11.5 Å². The first-order valence-electron chi connectivity index (χ1n) is 13.1. The van der Waals surface area contributed by atoms with Gasteiger partial charge in [0.1, 0.15) is 11.3 Å². The van der Waals surface area contributed by atoms with Gasteiger partial charge in [0.2, 0.25) is 11.8 Å². The molecule has 1 amide bonds. The molecule has 5 rings (SSSR count). The molecule has 13 heteroatoms. The number of rotatable bonds is 8. The molecule has 0 aliphatic carbocycles. The highest BCUT2D eigenvalue weighted by Crippen LogP contribution is 2.30. The average Bonchev–Trinajstić information content (AvgIpc) is 3.41. The van der Waals surface area contributed by atoms with E-state index in [1.54, 1.807) is 42.4 Å².